The van der Waals surface area contributed by atoms with E-state index in [-0.39, 0.29) is 11.3 Å². The van der Waals surface area contributed by atoms with Crippen LogP contribution in [-0.2, 0) is 9.53 Å². The molecule has 0 aromatic heterocycles. The Labute approximate surface area is 148 Å². The molecule has 24 heavy (non-hydrogen) atoms. The van der Waals surface area contributed by atoms with Crippen LogP contribution in [0, 0.1) is 0 Å². The van der Waals surface area contributed by atoms with Crippen LogP contribution in [0.5, 0.6) is 5.75 Å². The third-order valence-corrected chi connectivity index (χ3v) is 5.70. The zero-order valence-electron chi connectivity index (χ0n) is 14.3. The van der Waals surface area contributed by atoms with Crippen molar-refractivity contribution in [1.82, 2.24) is 9.80 Å². The first-order valence-corrected chi connectivity index (χ1v) is 9.77. The summed E-state index contributed by atoms with van der Waals surface area (Å²) >= 11 is 1.84. The first-order chi connectivity index (χ1) is 11.8. The Kier molecular flexibility index (Phi) is 6.40. The molecule has 0 saturated carbocycles. The molecule has 0 radical (unpaired) electrons. The molecule has 2 saturated heterocycles. The van der Waals surface area contributed by atoms with Crippen molar-refractivity contribution in [2.75, 3.05) is 51.8 Å². The zero-order chi connectivity index (χ0) is 16.8. The van der Waals surface area contributed by atoms with E-state index in [1.807, 2.05) is 41.8 Å². The Morgan fingerprint density at radius 1 is 1.25 bits per heavy atom. The van der Waals surface area contributed by atoms with Crippen molar-refractivity contribution in [2.45, 2.75) is 18.7 Å². The monoisotopic (exact) mass is 350 g/mol. The minimum atomic E-state index is 0.0510. The average molecular weight is 350 g/mol. The smallest absolute Gasteiger partial charge is 0.224 e. The molecule has 1 amide bonds. The van der Waals surface area contributed by atoms with E-state index < -0.39 is 0 Å². The van der Waals surface area contributed by atoms with Crippen molar-refractivity contribution < 1.29 is 14.3 Å². The molecule has 0 spiro atoms. The minimum Gasteiger partial charge on any atom is -0.493 e. The Balaban J connectivity index is 1.73. The van der Waals surface area contributed by atoms with E-state index in [1.54, 1.807) is 0 Å². The number of ether oxygens (including phenoxy) is 2. The first-order valence-electron chi connectivity index (χ1n) is 8.72. The molecule has 0 N–H and O–H groups in total. The lowest BCUT2D eigenvalue weighted by Crippen LogP contribution is -2.45. The summed E-state index contributed by atoms with van der Waals surface area (Å²) in [4.78, 5) is 17.0. The molecule has 0 aliphatic carbocycles. The molecule has 1 unspecified atom stereocenters. The van der Waals surface area contributed by atoms with Gasteiger partial charge < -0.3 is 14.4 Å². The van der Waals surface area contributed by atoms with E-state index in [4.69, 9.17) is 9.47 Å². The lowest BCUT2D eigenvalue weighted by Gasteiger charge is -2.38. The fourth-order valence-electron chi connectivity index (χ4n) is 3.17. The van der Waals surface area contributed by atoms with Crippen LogP contribution in [0.1, 0.15) is 24.3 Å². The third-order valence-electron chi connectivity index (χ3n) is 4.44. The third kappa shape index (κ3) is 4.23. The van der Waals surface area contributed by atoms with Crippen LogP contribution in [0.15, 0.2) is 24.3 Å². The summed E-state index contributed by atoms with van der Waals surface area (Å²) in [5, 5.41) is 0.0510. The van der Waals surface area contributed by atoms with Gasteiger partial charge in [0.2, 0.25) is 5.91 Å². The number of hydrogen-bond acceptors (Lipinski definition) is 5. The normalized spacial score (nSPS) is 22.6. The standard InChI is InChI=1S/C18H26N2O3S/c1-2-23-16-6-4-3-5-15(16)18-20(17(21)7-14-24-18)9-8-19-10-12-22-13-11-19/h3-6,18H,2,7-14H2,1H3. The van der Waals surface area contributed by atoms with Gasteiger partial charge in [-0.1, -0.05) is 18.2 Å². The van der Waals surface area contributed by atoms with E-state index in [0.29, 0.717) is 13.0 Å². The maximum atomic E-state index is 12.5. The first kappa shape index (κ1) is 17.6. The fraction of sp³-hybridized carbons (Fsp3) is 0.611. The van der Waals surface area contributed by atoms with Crippen LogP contribution < -0.4 is 4.74 Å². The molecule has 132 valence electrons. The van der Waals surface area contributed by atoms with E-state index >= 15 is 0 Å². The number of carbonyl (C=O) groups excluding carboxylic acids is 1. The van der Waals surface area contributed by atoms with Crippen molar-refractivity contribution in [1.29, 1.82) is 0 Å². The van der Waals surface area contributed by atoms with E-state index in [1.165, 1.54) is 0 Å². The number of thioether (sulfide) groups is 1. The molecule has 1 aromatic rings. The van der Waals surface area contributed by atoms with Crippen molar-refractivity contribution >= 4 is 17.7 Å². The van der Waals surface area contributed by atoms with E-state index in [9.17, 15) is 4.79 Å². The average Bonchev–Trinajstić information content (AvgIpc) is 2.62. The van der Waals surface area contributed by atoms with Gasteiger partial charge in [0, 0.05) is 43.9 Å². The van der Waals surface area contributed by atoms with Gasteiger partial charge in [0.25, 0.3) is 0 Å². The topological polar surface area (TPSA) is 42.0 Å². The number of benzene rings is 1. The lowest BCUT2D eigenvalue weighted by molar-refractivity contribution is -0.132. The lowest BCUT2D eigenvalue weighted by atomic mass is 10.1. The highest BCUT2D eigenvalue weighted by Crippen LogP contribution is 2.41. The second-order valence-corrected chi connectivity index (χ2v) is 7.17. The van der Waals surface area contributed by atoms with Crippen molar-refractivity contribution in [3.05, 3.63) is 29.8 Å². The summed E-state index contributed by atoms with van der Waals surface area (Å²) in [5.41, 5.74) is 1.11. The van der Waals surface area contributed by atoms with Crippen LogP contribution in [0.25, 0.3) is 0 Å². The number of rotatable bonds is 6. The molecule has 5 nitrogen and oxygen atoms in total. The predicted octanol–water partition coefficient (Wildman–Crippen LogP) is 2.38. The van der Waals surface area contributed by atoms with Crippen molar-refractivity contribution in [3.8, 4) is 5.75 Å². The Bertz CT molecular complexity index is 549. The molecule has 2 fully saturated rings. The SMILES string of the molecule is CCOc1ccccc1C1SCCC(=O)N1CCN1CCOCC1. The second kappa shape index (κ2) is 8.74. The number of morpholine rings is 1. The molecule has 2 heterocycles. The van der Waals surface area contributed by atoms with Crippen molar-refractivity contribution in [3.63, 3.8) is 0 Å². The molecule has 3 rings (SSSR count). The van der Waals surface area contributed by atoms with Gasteiger partial charge in [-0.05, 0) is 13.0 Å². The highest BCUT2D eigenvalue weighted by Gasteiger charge is 2.31. The number of nitrogens with zero attached hydrogens (tertiary/aromatic N) is 2. The van der Waals surface area contributed by atoms with Gasteiger partial charge in [-0.3, -0.25) is 9.69 Å². The maximum absolute atomic E-state index is 12.5. The quantitative estimate of drug-likeness (QED) is 0.788. The molecule has 6 heteroatoms. The molecule has 2 aliphatic rings. The van der Waals surface area contributed by atoms with Gasteiger partial charge >= 0.3 is 0 Å². The number of amides is 1. The van der Waals surface area contributed by atoms with Crippen LogP contribution in [0.2, 0.25) is 0 Å². The Morgan fingerprint density at radius 2 is 2.04 bits per heavy atom. The van der Waals surface area contributed by atoms with Crippen LogP contribution in [-0.4, -0.2) is 67.5 Å². The summed E-state index contributed by atoms with van der Waals surface area (Å²) in [6.07, 6.45) is 0.626. The molecule has 2 aliphatic heterocycles. The van der Waals surface area contributed by atoms with Crippen molar-refractivity contribution in [2.24, 2.45) is 0 Å². The Morgan fingerprint density at radius 3 is 2.83 bits per heavy atom. The largest absolute Gasteiger partial charge is 0.493 e. The molecule has 1 atom stereocenters. The fourth-order valence-corrected chi connectivity index (χ4v) is 4.46. The molecular formula is C18H26N2O3S. The second-order valence-electron chi connectivity index (χ2n) is 5.99. The van der Waals surface area contributed by atoms with E-state index in [2.05, 4.69) is 11.0 Å². The number of hydrogen-bond donors (Lipinski definition) is 0. The van der Waals surface area contributed by atoms with Gasteiger partial charge in [0.05, 0.1) is 19.8 Å². The predicted molar refractivity (Wildman–Crippen MR) is 96.4 cm³/mol. The van der Waals surface area contributed by atoms with Crippen LogP contribution in [0.4, 0.5) is 0 Å². The summed E-state index contributed by atoms with van der Waals surface area (Å²) in [6, 6.07) is 8.10. The summed E-state index contributed by atoms with van der Waals surface area (Å²) in [6.45, 7) is 7.78. The molecule has 0 bridgehead atoms. The number of para-hydroxylation sites is 1. The van der Waals surface area contributed by atoms with Crippen LogP contribution >= 0.6 is 11.8 Å². The van der Waals surface area contributed by atoms with Gasteiger partial charge in [0.1, 0.15) is 11.1 Å². The summed E-state index contributed by atoms with van der Waals surface area (Å²) in [5.74, 6) is 2.01. The van der Waals surface area contributed by atoms with E-state index in [0.717, 1.165) is 56.5 Å². The zero-order valence-corrected chi connectivity index (χ0v) is 15.1. The highest BCUT2D eigenvalue weighted by molar-refractivity contribution is 7.99. The minimum absolute atomic E-state index is 0.0510. The van der Waals surface area contributed by atoms with Gasteiger partial charge in [-0.2, -0.15) is 0 Å². The molecular weight excluding hydrogens is 324 g/mol. The highest BCUT2D eigenvalue weighted by atomic mass is 32.2. The number of carbonyl (C=O) groups is 1. The maximum Gasteiger partial charge on any atom is 0.224 e. The Hall–Kier alpha value is -1.24. The summed E-state index contributed by atoms with van der Waals surface area (Å²) < 4.78 is 11.2. The van der Waals surface area contributed by atoms with Gasteiger partial charge in [-0.25, -0.2) is 0 Å². The van der Waals surface area contributed by atoms with Gasteiger partial charge in [-0.15, -0.1) is 11.8 Å². The summed E-state index contributed by atoms with van der Waals surface area (Å²) in [7, 11) is 0. The van der Waals surface area contributed by atoms with Crippen LogP contribution in [0.3, 0.4) is 0 Å². The molecule has 1 aromatic carbocycles. The van der Waals surface area contributed by atoms with Gasteiger partial charge in [0.15, 0.2) is 0 Å².